The van der Waals surface area contributed by atoms with E-state index in [1.54, 1.807) is 0 Å². The fraction of sp³-hybridized carbons (Fsp3) is 0.333. The third-order valence-electron chi connectivity index (χ3n) is 4.51. The molecular formula is C21H25N3O2. The molecule has 26 heavy (non-hydrogen) atoms. The van der Waals surface area contributed by atoms with E-state index in [0.29, 0.717) is 0 Å². The quantitative estimate of drug-likeness (QED) is 0.734. The molecule has 0 saturated heterocycles. The van der Waals surface area contributed by atoms with E-state index in [1.807, 2.05) is 63.2 Å². The number of carbonyl (C=O) groups is 2. The number of benzene rings is 2. The maximum atomic E-state index is 12.5. The molecule has 2 amide bonds. The molecule has 136 valence electrons. The Hall–Kier alpha value is -2.82. The molecule has 0 bridgehead atoms. The molecule has 0 unspecified atom stereocenters. The van der Waals surface area contributed by atoms with Crippen molar-refractivity contribution in [1.82, 2.24) is 0 Å². The van der Waals surface area contributed by atoms with Gasteiger partial charge >= 0.3 is 0 Å². The lowest BCUT2D eigenvalue weighted by Gasteiger charge is -2.17. The van der Waals surface area contributed by atoms with Crippen molar-refractivity contribution in [3.8, 4) is 0 Å². The van der Waals surface area contributed by atoms with E-state index in [-0.39, 0.29) is 17.7 Å². The molecule has 2 aromatic rings. The van der Waals surface area contributed by atoms with Crippen LogP contribution in [0.15, 0.2) is 42.5 Å². The van der Waals surface area contributed by atoms with E-state index in [4.69, 9.17) is 0 Å². The first-order valence-electron chi connectivity index (χ1n) is 8.98. The Morgan fingerprint density at radius 3 is 2.46 bits per heavy atom. The maximum absolute atomic E-state index is 12.5. The molecule has 1 atom stereocenters. The number of anilines is 3. The minimum absolute atomic E-state index is 0.0721. The van der Waals surface area contributed by atoms with Gasteiger partial charge in [0.05, 0.1) is 0 Å². The second kappa shape index (κ2) is 7.60. The van der Waals surface area contributed by atoms with Gasteiger partial charge in [-0.25, -0.2) is 0 Å². The van der Waals surface area contributed by atoms with Crippen molar-refractivity contribution in [2.45, 2.75) is 39.7 Å². The lowest BCUT2D eigenvalue weighted by atomic mass is 10.1. The second-order valence-corrected chi connectivity index (χ2v) is 7.02. The van der Waals surface area contributed by atoms with Gasteiger partial charge in [-0.05, 0) is 69.0 Å². The van der Waals surface area contributed by atoms with Gasteiger partial charge in [-0.2, -0.15) is 0 Å². The highest BCUT2D eigenvalue weighted by molar-refractivity contribution is 5.97. The standard InChI is InChI=1S/C21H25N3O2/c1-13-7-8-14(2)19(11-13)24-20(25)15(3)22-17-5-4-6-18(12-17)23-21(26)16-9-10-16/h4-8,11-12,15-16,22H,9-10H2,1-3H3,(H,23,26)(H,24,25)/t15-/m0/s1. The Balaban J connectivity index is 1.61. The van der Waals surface area contributed by atoms with Crippen molar-refractivity contribution in [2.75, 3.05) is 16.0 Å². The van der Waals surface area contributed by atoms with Crippen molar-refractivity contribution >= 4 is 28.9 Å². The number of hydrogen-bond donors (Lipinski definition) is 3. The molecule has 1 aliphatic carbocycles. The normalized spacial score (nSPS) is 14.4. The summed E-state index contributed by atoms with van der Waals surface area (Å²) in [6.07, 6.45) is 1.94. The number of nitrogens with one attached hydrogen (secondary N) is 3. The number of aryl methyl sites for hydroxylation is 2. The lowest BCUT2D eigenvalue weighted by Crippen LogP contribution is -2.32. The zero-order valence-electron chi connectivity index (χ0n) is 15.4. The third-order valence-corrected chi connectivity index (χ3v) is 4.51. The monoisotopic (exact) mass is 351 g/mol. The smallest absolute Gasteiger partial charge is 0.246 e. The molecule has 3 rings (SSSR count). The Morgan fingerprint density at radius 1 is 1.00 bits per heavy atom. The van der Waals surface area contributed by atoms with Crippen LogP contribution in [0.5, 0.6) is 0 Å². The fourth-order valence-corrected chi connectivity index (χ4v) is 2.70. The summed E-state index contributed by atoms with van der Waals surface area (Å²) in [6, 6.07) is 13.0. The maximum Gasteiger partial charge on any atom is 0.246 e. The minimum atomic E-state index is -0.413. The molecule has 1 fully saturated rings. The van der Waals surface area contributed by atoms with E-state index in [0.717, 1.165) is 41.0 Å². The average molecular weight is 351 g/mol. The predicted molar refractivity (Wildman–Crippen MR) is 105 cm³/mol. The van der Waals surface area contributed by atoms with E-state index in [9.17, 15) is 9.59 Å². The SMILES string of the molecule is Cc1ccc(C)c(NC(=O)[C@H](C)Nc2cccc(NC(=O)C3CC3)c2)c1. The first-order valence-corrected chi connectivity index (χ1v) is 8.98. The summed E-state index contributed by atoms with van der Waals surface area (Å²) in [5, 5.41) is 9.08. The molecular weight excluding hydrogens is 326 g/mol. The highest BCUT2D eigenvalue weighted by Crippen LogP contribution is 2.30. The van der Waals surface area contributed by atoms with Crippen molar-refractivity contribution < 1.29 is 9.59 Å². The molecule has 3 N–H and O–H groups in total. The predicted octanol–water partition coefficient (Wildman–Crippen LogP) is 4.09. The Kier molecular flexibility index (Phi) is 5.26. The number of amides is 2. The van der Waals surface area contributed by atoms with Crippen molar-refractivity contribution in [3.63, 3.8) is 0 Å². The van der Waals surface area contributed by atoms with E-state index < -0.39 is 6.04 Å². The lowest BCUT2D eigenvalue weighted by molar-refractivity contribution is -0.117. The Bertz CT molecular complexity index is 828. The molecule has 0 aliphatic heterocycles. The zero-order chi connectivity index (χ0) is 18.7. The van der Waals surface area contributed by atoms with Crippen molar-refractivity contribution in [2.24, 2.45) is 5.92 Å². The molecule has 1 saturated carbocycles. The van der Waals surface area contributed by atoms with Gasteiger partial charge in [0.15, 0.2) is 0 Å². The van der Waals surface area contributed by atoms with Gasteiger partial charge in [0.1, 0.15) is 6.04 Å². The van der Waals surface area contributed by atoms with Crippen LogP contribution in [0.2, 0.25) is 0 Å². The van der Waals surface area contributed by atoms with Crippen LogP contribution in [0.4, 0.5) is 17.1 Å². The van der Waals surface area contributed by atoms with Gasteiger partial charge < -0.3 is 16.0 Å². The van der Waals surface area contributed by atoms with Crippen LogP contribution < -0.4 is 16.0 Å². The second-order valence-electron chi connectivity index (χ2n) is 7.02. The zero-order valence-corrected chi connectivity index (χ0v) is 15.4. The highest BCUT2D eigenvalue weighted by atomic mass is 16.2. The summed E-state index contributed by atoms with van der Waals surface area (Å²) in [6.45, 7) is 5.79. The molecule has 5 heteroatoms. The van der Waals surface area contributed by atoms with Crippen molar-refractivity contribution in [3.05, 3.63) is 53.6 Å². The Labute approximate surface area is 154 Å². The minimum Gasteiger partial charge on any atom is -0.374 e. The molecule has 0 radical (unpaired) electrons. The van der Waals surface area contributed by atoms with E-state index in [1.165, 1.54) is 0 Å². The van der Waals surface area contributed by atoms with Gasteiger partial charge in [0.25, 0.3) is 0 Å². The van der Waals surface area contributed by atoms with Crippen molar-refractivity contribution in [1.29, 1.82) is 0 Å². The molecule has 1 aliphatic rings. The number of rotatable bonds is 6. The third kappa shape index (κ3) is 4.63. The molecule has 2 aromatic carbocycles. The summed E-state index contributed by atoms with van der Waals surface area (Å²) < 4.78 is 0. The molecule has 0 heterocycles. The summed E-state index contributed by atoms with van der Waals surface area (Å²) in [4.78, 5) is 24.4. The van der Waals surface area contributed by atoms with Crippen LogP contribution in [0, 0.1) is 19.8 Å². The van der Waals surface area contributed by atoms with Crippen LogP contribution in [-0.2, 0) is 9.59 Å². The van der Waals surface area contributed by atoms with Gasteiger partial charge in [-0.15, -0.1) is 0 Å². The average Bonchev–Trinajstić information content (AvgIpc) is 3.43. The summed E-state index contributed by atoms with van der Waals surface area (Å²) in [5.41, 5.74) is 4.50. The van der Waals surface area contributed by atoms with Gasteiger partial charge in [0, 0.05) is 23.0 Å². The summed E-state index contributed by atoms with van der Waals surface area (Å²) >= 11 is 0. The van der Waals surface area contributed by atoms with Crippen LogP contribution in [0.1, 0.15) is 30.9 Å². The van der Waals surface area contributed by atoms with Crippen LogP contribution in [0.25, 0.3) is 0 Å². The number of carbonyl (C=O) groups excluding carboxylic acids is 2. The highest BCUT2D eigenvalue weighted by Gasteiger charge is 2.29. The van der Waals surface area contributed by atoms with Gasteiger partial charge in [-0.1, -0.05) is 18.2 Å². The summed E-state index contributed by atoms with van der Waals surface area (Å²) in [7, 11) is 0. The van der Waals surface area contributed by atoms with E-state index >= 15 is 0 Å². The topological polar surface area (TPSA) is 70.2 Å². The fourth-order valence-electron chi connectivity index (χ4n) is 2.70. The van der Waals surface area contributed by atoms with E-state index in [2.05, 4.69) is 16.0 Å². The molecule has 5 nitrogen and oxygen atoms in total. The largest absolute Gasteiger partial charge is 0.374 e. The first kappa shape index (κ1) is 18.0. The molecule has 0 spiro atoms. The van der Waals surface area contributed by atoms with Crippen LogP contribution in [0.3, 0.4) is 0 Å². The summed E-state index contributed by atoms with van der Waals surface area (Å²) in [5.74, 6) is 0.128. The Morgan fingerprint density at radius 2 is 1.73 bits per heavy atom. The number of hydrogen-bond acceptors (Lipinski definition) is 3. The molecule has 0 aromatic heterocycles. The van der Waals surface area contributed by atoms with Gasteiger partial charge in [-0.3, -0.25) is 9.59 Å². The van der Waals surface area contributed by atoms with Gasteiger partial charge in [0.2, 0.25) is 11.8 Å². The van der Waals surface area contributed by atoms with Crippen LogP contribution in [-0.4, -0.2) is 17.9 Å². The first-order chi connectivity index (χ1) is 12.4. The van der Waals surface area contributed by atoms with Crippen LogP contribution >= 0.6 is 0 Å².